The van der Waals surface area contributed by atoms with Gasteiger partial charge in [-0.1, -0.05) is 209 Å². The van der Waals surface area contributed by atoms with Crippen LogP contribution in [0.2, 0.25) is 0 Å². The Hall–Kier alpha value is -1.80. The number of phosphoric acid groups is 1. The maximum Gasteiger partial charge on any atom is 0.268 e. The number of aliphatic hydroxyl groups excluding tert-OH is 1. The molecular weight excluding hydrogens is 792 g/mol. The SMILES string of the molecule is CCC/C=C/CC/C=C/C(O)C(COP(=O)([O-])OCC[N+](C)(C)C)NC(=O)CCCCCCCCCCCCCCCCCCCC/C=C\C/C=C\C/C=C\CCCCCCC. The average molecular weight is 891 g/mol. The quantitative estimate of drug-likeness (QED) is 0.0273. The van der Waals surface area contributed by atoms with Crippen molar-refractivity contribution in [3.63, 3.8) is 0 Å². The predicted molar refractivity (Wildman–Crippen MR) is 265 cm³/mol. The third-order valence-corrected chi connectivity index (χ3v) is 12.1. The first-order valence-electron chi connectivity index (χ1n) is 25.7. The minimum absolute atomic E-state index is 0.00782. The van der Waals surface area contributed by atoms with E-state index in [2.05, 4.69) is 67.8 Å². The van der Waals surface area contributed by atoms with Crippen molar-refractivity contribution in [1.82, 2.24) is 5.32 Å². The maximum atomic E-state index is 12.8. The average Bonchev–Trinajstić information content (AvgIpc) is 3.23. The number of aliphatic hydroxyl groups is 1. The van der Waals surface area contributed by atoms with Gasteiger partial charge in [0.25, 0.3) is 7.82 Å². The molecule has 62 heavy (non-hydrogen) atoms. The Balaban J connectivity index is 3.90. The molecule has 0 fully saturated rings. The van der Waals surface area contributed by atoms with Crippen molar-refractivity contribution in [3.05, 3.63) is 60.8 Å². The van der Waals surface area contributed by atoms with Crippen LogP contribution in [0.5, 0.6) is 0 Å². The molecule has 0 aliphatic heterocycles. The van der Waals surface area contributed by atoms with E-state index < -0.39 is 26.6 Å². The number of rotatable bonds is 46. The molecule has 3 unspecified atom stereocenters. The summed E-state index contributed by atoms with van der Waals surface area (Å²) >= 11 is 0. The summed E-state index contributed by atoms with van der Waals surface area (Å²) in [6.45, 7) is 4.50. The van der Waals surface area contributed by atoms with Crippen LogP contribution in [0.4, 0.5) is 0 Å². The number of nitrogens with zero attached hydrogens (tertiary/aromatic N) is 1. The number of amides is 1. The molecule has 2 N–H and O–H groups in total. The van der Waals surface area contributed by atoms with Gasteiger partial charge in [0, 0.05) is 6.42 Å². The first-order chi connectivity index (χ1) is 30.0. The lowest BCUT2D eigenvalue weighted by Crippen LogP contribution is -2.45. The first kappa shape index (κ1) is 60.2. The molecule has 0 bridgehead atoms. The molecule has 0 aromatic heterocycles. The lowest BCUT2D eigenvalue weighted by atomic mass is 10.0. The van der Waals surface area contributed by atoms with E-state index in [1.807, 2.05) is 27.2 Å². The van der Waals surface area contributed by atoms with Gasteiger partial charge in [-0.25, -0.2) is 0 Å². The molecule has 0 heterocycles. The van der Waals surface area contributed by atoms with Gasteiger partial charge in [0.15, 0.2) is 0 Å². The van der Waals surface area contributed by atoms with Crippen LogP contribution in [0.3, 0.4) is 0 Å². The molecule has 3 atom stereocenters. The number of allylic oxidation sites excluding steroid dienone is 9. The molecule has 0 saturated heterocycles. The molecule has 0 saturated carbocycles. The van der Waals surface area contributed by atoms with Crippen LogP contribution in [0.1, 0.15) is 219 Å². The Kier molecular flexibility index (Phi) is 43.1. The van der Waals surface area contributed by atoms with Crippen molar-refractivity contribution in [2.75, 3.05) is 40.9 Å². The Bertz CT molecular complexity index is 1190. The molecular formula is C53H99N2O6P. The van der Waals surface area contributed by atoms with Crippen molar-refractivity contribution < 1.29 is 32.9 Å². The summed E-state index contributed by atoms with van der Waals surface area (Å²) in [5.74, 6) is -0.212. The third-order valence-electron chi connectivity index (χ3n) is 11.2. The van der Waals surface area contributed by atoms with E-state index in [0.29, 0.717) is 17.4 Å². The van der Waals surface area contributed by atoms with Crippen molar-refractivity contribution in [3.8, 4) is 0 Å². The first-order valence-corrected chi connectivity index (χ1v) is 27.1. The fourth-order valence-electron chi connectivity index (χ4n) is 7.12. The number of carbonyl (C=O) groups is 1. The van der Waals surface area contributed by atoms with Gasteiger partial charge in [0.2, 0.25) is 5.91 Å². The van der Waals surface area contributed by atoms with Gasteiger partial charge in [0.1, 0.15) is 13.2 Å². The van der Waals surface area contributed by atoms with Gasteiger partial charge in [-0.05, 0) is 64.2 Å². The van der Waals surface area contributed by atoms with Gasteiger partial charge < -0.3 is 28.8 Å². The number of carbonyl (C=O) groups excluding carboxylic acids is 1. The second-order valence-corrected chi connectivity index (χ2v) is 19.9. The highest BCUT2D eigenvalue weighted by Gasteiger charge is 2.23. The Morgan fingerprint density at radius 3 is 1.47 bits per heavy atom. The summed E-state index contributed by atoms with van der Waals surface area (Å²) in [6, 6.07) is -0.900. The number of unbranched alkanes of at least 4 members (excludes halogenated alkanes) is 25. The Labute approximate surface area is 383 Å². The molecule has 9 heteroatoms. The molecule has 0 aromatic rings. The van der Waals surface area contributed by atoms with Gasteiger partial charge >= 0.3 is 0 Å². The van der Waals surface area contributed by atoms with E-state index in [1.54, 1.807) is 6.08 Å². The molecule has 0 aromatic carbocycles. The van der Waals surface area contributed by atoms with Crippen LogP contribution >= 0.6 is 7.82 Å². The fraction of sp³-hybridized carbons (Fsp3) is 0.792. The minimum Gasteiger partial charge on any atom is -0.756 e. The molecule has 8 nitrogen and oxygen atoms in total. The van der Waals surface area contributed by atoms with Crippen LogP contribution in [-0.4, -0.2) is 68.5 Å². The molecule has 1 amide bonds. The highest BCUT2D eigenvalue weighted by Crippen LogP contribution is 2.38. The van der Waals surface area contributed by atoms with E-state index >= 15 is 0 Å². The largest absolute Gasteiger partial charge is 0.756 e. The summed E-state index contributed by atoms with van der Waals surface area (Å²) in [6.07, 6.45) is 59.1. The molecule has 0 aliphatic rings. The number of nitrogens with one attached hydrogen (secondary N) is 1. The number of hydrogen-bond acceptors (Lipinski definition) is 6. The van der Waals surface area contributed by atoms with E-state index in [-0.39, 0.29) is 12.5 Å². The van der Waals surface area contributed by atoms with Crippen LogP contribution in [0.15, 0.2) is 60.8 Å². The monoisotopic (exact) mass is 891 g/mol. The van der Waals surface area contributed by atoms with Crippen molar-refractivity contribution in [1.29, 1.82) is 0 Å². The van der Waals surface area contributed by atoms with Crippen molar-refractivity contribution in [2.45, 2.75) is 231 Å². The molecule has 362 valence electrons. The van der Waals surface area contributed by atoms with Gasteiger partial charge in [-0.2, -0.15) is 0 Å². The van der Waals surface area contributed by atoms with Crippen molar-refractivity contribution >= 4 is 13.7 Å². The fourth-order valence-corrected chi connectivity index (χ4v) is 7.85. The molecule has 0 aliphatic carbocycles. The zero-order valence-electron chi connectivity index (χ0n) is 41.1. The van der Waals surface area contributed by atoms with Crippen LogP contribution in [0.25, 0.3) is 0 Å². The third kappa shape index (κ3) is 46.2. The number of phosphoric ester groups is 1. The van der Waals surface area contributed by atoms with E-state index in [4.69, 9.17) is 9.05 Å². The molecule has 0 spiro atoms. The van der Waals surface area contributed by atoms with E-state index in [0.717, 1.165) is 57.8 Å². The van der Waals surface area contributed by atoms with E-state index in [1.165, 1.54) is 141 Å². The summed E-state index contributed by atoms with van der Waals surface area (Å²) in [5.41, 5.74) is 0. The smallest absolute Gasteiger partial charge is 0.268 e. The van der Waals surface area contributed by atoms with Crippen LogP contribution in [-0.2, 0) is 18.4 Å². The summed E-state index contributed by atoms with van der Waals surface area (Å²) in [5, 5.41) is 13.6. The standard InChI is InChI=1S/C53H99N2O6P/c1-6-8-10-12-14-15-16-17-18-19-20-21-22-23-24-25-26-27-28-29-30-31-32-33-34-35-36-37-38-39-41-43-45-47-53(57)54-51(52(56)46-44-42-40-13-11-9-7-2)50-61-62(58,59)60-49-48-55(3,4)5/h11,13,16-17,19-20,22-23,44,46,51-52,56H,6-10,12,14-15,18,21,24-43,45,47-50H2,1-5H3,(H-,54,57,58,59)/b13-11+,17-16-,20-19-,23-22-,46-44+. The van der Waals surface area contributed by atoms with Gasteiger partial charge in [-0.3, -0.25) is 9.36 Å². The molecule has 0 rings (SSSR count). The predicted octanol–water partition coefficient (Wildman–Crippen LogP) is 14.3. The highest BCUT2D eigenvalue weighted by molar-refractivity contribution is 7.45. The Morgan fingerprint density at radius 2 is 0.984 bits per heavy atom. The Morgan fingerprint density at radius 1 is 0.565 bits per heavy atom. The summed E-state index contributed by atoms with van der Waals surface area (Å²) < 4.78 is 23.1. The van der Waals surface area contributed by atoms with Crippen molar-refractivity contribution in [2.24, 2.45) is 0 Å². The minimum atomic E-state index is -4.59. The van der Waals surface area contributed by atoms with Crippen LogP contribution in [0, 0.1) is 0 Å². The number of hydrogen-bond donors (Lipinski definition) is 2. The lowest BCUT2D eigenvalue weighted by Gasteiger charge is -2.29. The second-order valence-electron chi connectivity index (χ2n) is 18.5. The van der Waals surface area contributed by atoms with Crippen LogP contribution < -0.4 is 10.2 Å². The van der Waals surface area contributed by atoms with Gasteiger partial charge in [0.05, 0.1) is 39.9 Å². The maximum absolute atomic E-state index is 12.8. The zero-order valence-corrected chi connectivity index (χ0v) is 42.0. The topological polar surface area (TPSA) is 108 Å². The van der Waals surface area contributed by atoms with Gasteiger partial charge in [-0.15, -0.1) is 0 Å². The number of likely N-dealkylation sites (N-methyl/N-ethyl adjacent to an activating group) is 1. The molecule has 0 radical (unpaired) electrons. The zero-order chi connectivity index (χ0) is 45.7. The normalized spacial score (nSPS) is 14.6. The van der Waals surface area contributed by atoms with E-state index in [9.17, 15) is 19.4 Å². The lowest BCUT2D eigenvalue weighted by molar-refractivity contribution is -0.870. The summed E-state index contributed by atoms with van der Waals surface area (Å²) in [7, 11) is 1.24. The number of quaternary nitrogens is 1. The second kappa shape index (κ2) is 44.4. The highest BCUT2D eigenvalue weighted by atomic mass is 31.2. The summed E-state index contributed by atoms with van der Waals surface area (Å²) in [4.78, 5) is 25.2.